The van der Waals surface area contributed by atoms with Crippen molar-refractivity contribution in [1.29, 1.82) is 0 Å². The standard InChI is InChI=1S/C19H23ClN2O3S/c1-22(2)14-18(15-6-4-3-5-7-15)21-19(23)12-13-26(24,25)17-10-8-16(20)9-11-17/h3-11,18H,12-14H2,1-2H3,(H,21,23)/t18-/m1/s1. The molecule has 1 amide bonds. The first-order valence-corrected chi connectivity index (χ1v) is 10.3. The normalized spacial score (nSPS) is 12.8. The monoisotopic (exact) mass is 394 g/mol. The maximum atomic E-state index is 12.4. The average Bonchev–Trinajstić information content (AvgIpc) is 2.60. The molecular formula is C19H23ClN2O3S. The second-order valence-corrected chi connectivity index (χ2v) is 8.86. The molecular weight excluding hydrogens is 372 g/mol. The van der Waals surface area contributed by atoms with Crippen molar-refractivity contribution in [2.24, 2.45) is 0 Å². The second kappa shape index (κ2) is 9.16. The molecule has 0 saturated carbocycles. The fraction of sp³-hybridized carbons (Fsp3) is 0.316. The predicted molar refractivity (Wildman–Crippen MR) is 104 cm³/mol. The Hall–Kier alpha value is -1.89. The molecule has 0 spiro atoms. The van der Waals surface area contributed by atoms with E-state index in [2.05, 4.69) is 5.32 Å². The molecule has 2 aromatic rings. The predicted octanol–water partition coefficient (Wildman–Crippen LogP) is 2.92. The second-order valence-electron chi connectivity index (χ2n) is 6.32. The molecule has 1 atom stereocenters. The first-order chi connectivity index (χ1) is 12.3. The molecule has 0 fully saturated rings. The van der Waals surface area contributed by atoms with Crippen LogP contribution in [0.4, 0.5) is 0 Å². The van der Waals surface area contributed by atoms with Gasteiger partial charge in [-0.05, 0) is 43.9 Å². The Morgan fingerprint density at radius 1 is 1.08 bits per heavy atom. The van der Waals surface area contributed by atoms with E-state index in [1.165, 1.54) is 24.3 Å². The highest BCUT2D eigenvalue weighted by atomic mass is 35.5. The van der Waals surface area contributed by atoms with E-state index < -0.39 is 9.84 Å². The van der Waals surface area contributed by atoms with Gasteiger partial charge in [-0.25, -0.2) is 8.42 Å². The zero-order valence-electron chi connectivity index (χ0n) is 14.9. The third-order valence-corrected chi connectivity index (χ3v) is 5.84. The number of nitrogens with zero attached hydrogens (tertiary/aromatic N) is 1. The van der Waals surface area contributed by atoms with Crippen molar-refractivity contribution in [3.63, 3.8) is 0 Å². The molecule has 0 bridgehead atoms. The Morgan fingerprint density at radius 2 is 1.69 bits per heavy atom. The van der Waals surface area contributed by atoms with Gasteiger partial charge >= 0.3 is 0 Å². The molecule has 0 unspecified atom stereocenters. The summed E-state index contributed by atoms with van der Waals surface area (Å²) in [7, 11) is 0.322. The summed E-state index contributed by atoms with van der Waals surface area (Å²) in [5, 5.41) is 3.40. The van der Waals surface area contributed by atoms with E-state index in [4.69, 9.17) is 11.6 Å². The highest BCUT2D eigenvalue weighted by Gasteiger charge is 2.19. The van der Waals surface area contributed by atoms with Crippen molar-refractivity contribution in [2.75, 3.05) is 26.4 Å². The lowest BCUT2D eigenvalue weighted by Gasteiger charge is -2.23. The molecule has 0 saturated heterocycles. The highest BCUT2D eigenvalue weighted by molar-refractivity contribution is 7.91. The lowest BCUT2D eigenvalue weighted by atomic mass is 10.1. The molecule has 2 rings (SSSR count). The van der Waals surface area contributed by atoms with Crippen molar-refractivity contribution >= 4 is 27.3 Å². The third-order valence-electron chi connectivity index (χ3n) is 3.86. The van der Waals surface area contributed by atoms with Crippen LogP contribution in [0, 0.1) is 0 Å². The van der Waals surface area contributed by atoms with E-state index in [1.807, 2.05) is 49.3 Å². The van der Waals surface area contributed by atoms with E-state index in [-0.39, 0.29) is 29.0 Å². The number of benzene rings is 2. The van der Waals surface area contributed by atoms with Gasteiger partial charge in [-0.1, -0.05) is 41.9 Å². The number of hydrogen-bond donors (Lipinski definition) is 1. The molecule has 5 nitrogen and oxygen atoms in total. The Balaban J connectivity index is 2.00. The lowest BCUT2D eigenvalue weighted by molar-refractivity contribution is -0.121. The van der Waals surface area contributed by atoms with Crippen LogP contribution in [0.3, 0.4) is 0 Å². The summed E-state index contributed by atoms with van der Waals surface area (Å²) in [6, 6.07) is 15.4. The van der Waals surface area contributed by atoms with Crippen molar-refractivity contribution in [2.45, 2.75) is 17.4 Å². The lowest BCUT2D eigenvalue weighted by Crippen LogP contribution is -2.36. The van der Waals surface area contributed by atoms with E-state index in [9.17, 15) is 13.2 Å². The van der Waals surface area contributed by atoms with Crippen molar-refractivity contribution in [1.82, 2.24) is 10.2 Å². The molecule has 0 aromatic heterocycles. The summed E-state index contributed by atoms with van der Waals surface area (Å²) in [6.45, 7) is 0.625. The summed E-state index contributed by atoms with van der Waals surface area (Å²) < 4.78 is 24.7. The van der Waals surface area contributed by atoms with E-state index in [1.54, 1.807) is 0 Å². The van der Waals surface area contributed by atoms with Gasteiger partial charge < -0.3 is 10.2 Å². The Kier molecular flexibility index (Phi) is 7.20. The largest absolute Gasteiger partial charge is 0.348 e. The zero-order chi connectivity index (χ0) is 19.2. The minimum Gasteiger partial charge on any atom is -0.348 e. The van der Waals surface area contributed by atoms with Crippen LogP contribution in [0.2, 0.25) is 5.02 Å². The number of carbonyl (C=O) groups excluding carboxylic acids is 1. The fourth-order valence-electron chi connectivity index (χ4n) is 2.54. The van der Waals surface area contributed by atoms with Gasteiger partial charge in [-0.2, -0.15) is 0 Å². The average molecular weight is 395 g/mol. The number of likely N-dealkylation sites (N-methyl/N-ethyl adjacent to an activating group) is 1. The van der Waals surface area contributed by atoms with Crippen LogP contribution in [0.15, 0.2) is 59.5 Å². The summed E-state index contributed by atoms with van der Waals surface area (Å²) in [5.41, 5.74) is 0.982. The maximum absolute atomic E-state index is 12.4. The molecule has 140 valence electrons. The number of nitrogens with one attached hydrogen (secondary N) is 1. The van der Waals surface area contributed by atoms with E-state index in [0.29, 0.717) is 11.6 Å². The van der Waals surface area contributed by atoms with Gasteiger partial charge in [0, 0.05) is 18.0 Å². The molecule has 0 aliphatic heterocycles. The first-order valence-electron chi connectivity index (χ1n) is 8.25. The number of rotatable bonds is 8. The van der Waals surface area contributed by atoms with Gasteiger partial charge in [0.05, 0.1) is 16.7 Å². The van der Waals surface area contributed by atoms with Gasteiger partial charge in [0.1, 0.15) is 0 Å². The molecule has 0 heterocycles. The molecule has 0 radical (unpaired) electrons. The minimum atomic E-state index is -3.53. The van der Waals surface area contributed by atoms with Crippen LogP contribution in [0.1, 0.15) is 18.0 Å². The third kappa shape index (κ3) is 6.12. The van der Waals surface area contributed by atoms with Crippen LogP contribution in [0.25, 0.3) is 0 Å². The van der Waals surface area contributed by atoms with Gasteiger partial charge in [0.2, 0.25) is 5.91 Å². The molecule has 26 heavy (non-hydrogen) atoms. The fourth-order valence-corrected chi connectivity index (χ4v) is 3.90. The topological polar surface area (TPSA) is 66.5 Å². The summed E-state index contributed by atoms with van der Waals surface area (Å²) in [5.74, 6) is -0.539. The summed E-state index contributed by atoms with van der Waals surface area (Å²) in [4.78, 5) is 14.5. The van der Waals surface area contributed by atoms with E-state index in [0.717, 1.165) is 5.56 Å². The SMILES string of the molecule is CN(C)C[C@@H](NC(=O)CCS(=O)(=O)c1ccc(Cl)cc1)c1ccccc1. The Bertz CT molecular complexity index is 822. The summed E-state index contributed by atoms with van der Waals surface area (Å²) >= 11 is 5.78. The highest BCUT2D eigenvalue weighted by Crippen LogP contribution is 2.17. The van der Waals surface area contributed by atoms with Crippen LogP contribution in [0.5, 0.6) is 0 Å². The quantitative estimate of drug-likeness (QED) is 0.747. The molecule has 1 N–H and O–H groups in total. The van der Waals surface area contributed by atoms with Gasteiger partial charge in [-0.15, -0.1) is 0 Å². The Labute approximate surface area is 159 Å². The number of hydrogen-bond acceptors (Lipinski definition) is 4. The molecule has 0 aliphatic rings. The first kappa shape index (κ1) is 20.4. The van der Waals surface area contributed by atoms with Crippen molar-refractivity contribution < 1.29 is 13.2 Å². The maximum Gasteiger partial charge on any atom is 0.221 e. The van der Waals surface area contributed by atoms with Crippen molar-refractivity contribution in [3.05, 3.63) is 65.2 Å². The molecule has 7 heteroatoms. The molecule has 0 aliphatic carbocycles. The van der Waals surface area contributed by atoms with Gasteiger partial charge in [0.25, 0.3) is 0 Å². The van der Waals surface area contributed by atoms with Crippen LogP contribution in [-0.2, 0) is 14.6 Å². The number of amides is 1. The van der Waals surface area contributed by atoms with E-state index >= 15 is 0 Å². The van der Waals surface area contributed by atoms with Gasteiger partial charge in [0.15, 0.2) is 9.84 Å². The van der Waals surface area contributed by atoms with Crippen LogP contribution >= 0.6 is 11.6 Å². The van der Waals surface area contributed by atoms with Crippen molar-refractivity contribution in [3.8, 4) is 0 Å². The smallest absolute Gasteiger partial charge is 0.221 e. The number of sulfone groups is 1. The van der Waals surface area contributed by atoms with Crippen LogP contribution < -0.4 is 5.32 Å². The summed E-state index contributed by atoms with van der Waals surface area (Å²) in [6.07, 6.45) is -0.0955. The van der Waals surface area contributed by atoms with Crippen LogP contribution in [-0.4, -0.2) is 45.6 Å². The number of halogens is 1. The zero-order valence-corrected chi connectivity index (χ0v) is 16.4. The Morgan fingerprint density at radius 3 is 2.27 bits per heavy atom. The minimum absolute atomic E-state index is 0.0955. The number of carbonyl (C=O) groups is 1. The molecule has 2 aromatic carbocycles. The van der Waals surface area contributed by atoms with Gasteiger partial charge in [-0.3, -0.25) is 4.79 Å².